The Hall–Kier alpha value is -2.02. The normalized spacial score (nSPS) is 10.7. The van der Waals surface area contributed by atoms with Gasteiger partial charge in [-0.25, -0.2) is 0 Å². The van der Waals surface area contributed by atoms with E-state index in [1.54, 1.807) is 19.2 Å². The van der Waals surface area contributed by atoms with E-state index in [0.717, 1.165) is 5.56 Å². The number of aryl methyl sites for hydroxylation is 1. The first-order chi connectivity index (χ1) is 9.01. The third kappa shape index (κ3) is 3.25. The zero-order valence-electron chi connectivity index (χ0n) is 11.9. The molecule has 102 valence electrons. The summed E-state index contributed by atoms with van der Waals surface area (Å²) in [6.45, 7) is 5.70. The Morgan fingerprint density at radius 1 is 1.42 bits per heavy atom. The molecule has 0 saturated heterocycles. The molecule has 0 aliphatic carbocycles. The molecule has 0 bridgehead atoms. The highest BCUT2D eigenvalue weighted by Gasteiger charge is 2.28. The zero-order valence-corrected chi connectivity index (χ0v) is 11.9. The lowest BCUT2D eigenvalue weighted by atomic mass is 9.94. The molecule has 0 heterocycles. The molecule has 0 aliphatic heterocycles. The molecule has 19 heavy (non-hydrogen) atoms. The Labute approximate surface area is 114 Å². The summed E-state index contributed by atoms with van der Waals surface area (Å²) in [5, 5.41) is 12.0. The van der Waals surface area contributed by atoms with Crippen LogP contribution in [-0.4, -0.2) is 18.6 Å². The van der Waals surface area contributed by atoms with Crippen molar-refractivity contribution in [1.29, 1.82) is 5.26 Å². The monoisotopic (exact) mass is 260 g/mol. The molecular formula is C15H20N2O2. The Bertz CT molecular complexity index is 499. The molecule has 0 spiro atoms. The van der Waals surface area contributed by atoms with Gasteiger partial charge in [-0.05, 0) is 37.5 Å². The molecule has 1 rings (SSSR count). The lowest BCUT2D eigenvalue weighted by molar-refractivity contribution is 0.0915. The highest BCUT2D eigenvalue weighted by molar-refractivity contribution is 5.95. The van der Waals surface area contributed by atoms with Gasteiger partial charge in [-0.15, -0.1) is 0 Å². The van der Waals surface area contributed by atoms with E-state index in [2.05, 4.69) is 11.4 Å². The van der Waals surface area contributed by atoms with Crippen molar-refractivity contribution in [2.45, 2.75) is 39.2 Å². The molecule has 1 N–H and O–H groups in total. The standard InChI is InChI=1S/C15H20N2O2/c1-5-15(6-2,10-16)17-14(18)12-8-7-11(3)13(9-12)19-4/h7-9H,5-6H2,1-4H3,(H,17,18). The van der Waals surface area contributed by atoms with Gasteiger partial charge in [0.15, 0.2) is 0 Å². The minimum Gasteiger partial charge on any atom is -0.496 e. The number of carbonyl (C=O) groups excluding carboxylic acids is 1. The molecule has 0 fully saturated rings. The largest absolute Gasteiger partial charge is 0.496 e. The van der Waals surface area contributed by atoms with E-state index in [0.29, 0.717) is 24.2 Å². The molecule has 4 heteroatoms. The average molecular weight is 260 g/mol. The minimum absolute atomic E-state index is 0.247. The van der Waals surface area contributed by atoms with Crippen LogP contribution in [0.2, 0.25) is 0 Å². The molecule has 0 aliphatic rings. The number of methoxy groups -OCH3 is 1. The minimum atomic E-state index is -0.796. The van der Waals surface area contributed by atoms with Crippen molar-refractivity contribution < 1.29 is 9.53 Å². The Kier molecular flexibility index (Phi) is 4.94. The van der Waals surface area contributed by atoms with Crippen LogP contribution in [0.5, 0.6) is 5.75 Å². The molecule has 0 saturated carbocycles. The topological polar surface area (TPSA) is 62.1 Å². The number of nitrogens with one attached hydrogen (secondary N) is 1. The predicted octanol–water partition coefficient (Wildman–Crippen LogP) is 2.82. The van der Waals surface area contributed by atoms with Gasteiger partial charge in [-0.1, -0.05) is 19.9 Å². The maximum Gasteiger partial charge on any atom is 0.252 e. The van der Waals surface area contributed by atoms with Gasteiger partial charge in [0.25, 0.3) is 5.91 Å². The summed E-state index contributed by atoms with van der Waals surface area (Å²) in [5.41, 5.74) is 0.676. The number of rotatable bonds is 5. The highest BCUT2D eigenvalue weighted by atomic mass is 16.5. The molecule has 0 aromatic heterocycles. The molecule has 1 aromatic rings. The van der Waals surface area contributed by atoms with E-state index in [1.165, 1.54) is 0 Å². The van der Waals surface area contributed by atoms with Crippen molar-refractivity contribution >= 4 is 5.91 Å². The molecule has 4 nitrogen and oxygen atoms in total. The predicted molar refractivity (Wildman–Crippen MR) is 74.1 cm³/mol. The number of benzene rings is 1. The second-order valence-electron chi connectivity index (χ2n) is 4.54. The maximum absolute atomic E-state index is 12.2. The summed E-state index contributed by atoms with van der Waals surface area (Å²) in [6, 6.07) is 7.45. The van der Waals surface area contributed by atoms with Crippen LogP contribution < -0.4 is 10.1 Å². The van der Waals surface area contributed by atoms with E-state index in [1.807, 2.05) is 26.8 Å². The zero-order chi connectivity index (χ0) is 14.5. The number of hydrogen-bond donors (Lipinski definition) is 1. The number of nitrogens with zero attached hydrogens (tertiary/aromatic N) is 1. The number of hydrogen-bond acceptors (Lipinski definition) is 3. The first-order valence-electron chi connectivity index (χ1n) is 6.40. The molecule has 1 aromatic carbocycles. The van der Waals surface area contributed by atoms with Gasteiger partial charge in [-0.3, -0.25) is 4.79 Å². The second kappa shape index (κ2) is 6.24. The van der Waals surface area contributed by atoms with E-state index in [-0.39, 0.29) is 5.91 Å². The molecule has 0 unspecified atom stereocenters. The van der Waals surface area contributed by atoms with Crippen molar-refractivity contribution in [2.24, 2.45) is 0 Å². The Morgan fingerprint density at radius 2 is 2.05 bits per heavy atom. The number of amides is 1. The van der Waals surface area contributed by atoms with Crippen molar-refractivity contribution in [1.82, 2.24) is 5.32 Å². The molecular weight excluding hydrogens is 240 g/mol. The lowest BCUT2D eigenvalue weighted by Gasteiger charge is -2.25. The van der Waals surface area contributed by atoms with Crippen molar-refractivity contribution in [3.05, 3.63) is 29.3 Å². The van der Waals surface area contributed by atoms with Gasteiger partial charge < -0.3 is 10.1 Å². The van der Waals surface area contributed by atoms with Gasteiger partial charge >= 0.3 is 0 Å². The highest BCUT2D eigenvalue weighted by Crippen LogP contribution is 2.20. The number of carbonyl (C=O) groups is 1. The van der Waals surface area contributed by atoms with Crippen LogP contribution >= 0.6 is 0 Å². The summed E-state index contributed by atoms with van der Waals surface area (Å²) in [5.74, 6) is 0.423. The molecule has 1 amide bonds. The lowest BCUT2D eigenvalue weighted by Crippen LogP contribution is -2.46. The second-order valence-corrected chi connectivity index (χ2v) is 4.54. The first-order valence-corrected chi connectivity index (χ1v) is 6.40. The Morgan fingerprint density at radius 3 is 2.53 bits per heavy atom. The van der Waals surface area contributed by atoms with Crippen LogP contribution in [0.15, 0.2) is 18.2 Å². The summed E-state index contributed by atoms with van der Waals surface area (Å²) in [4.78, 5) is 12.2. The fraction of sp³-hybridized carbons (Fsp3) is 0.467. The van der Waals surface area contributed by atoms with E-state index >= 15 is 0 Å². The fourth-order valence-corrected chi connectivity index (χ4v) is 1.86. The van der Waals surface area contributed by atoms with Gasteiger partial charge in [0.05, 0.1) is 13.2 Å². The van der Waals surface area contributed by atoms with Crippen LogP contribution in [0.25, 0.3) is 0 Å². The summed E-state index contributed by atoms with van der Waals surface area (Å²) < 4.78 is 5.20. The maximum atomic E-state index is 12.2. The van der Waals surface area contributed by atoms with Gasteiger partial charge in [0.2, 0.25) is 0 Å². The van der Waals surface area contributed by atoms with Crippen molar-refractivity contribution in [2.75, 3.05) is 7.11 Å². The quantitative estimate of drug-likeness (QED) is 0.885. The smallest absolute Gasteiger partial charge is 0.252 e. The Balaban J connectivity index is 2.99. The first kappa shape index (κ1) is 15.0. The summed E-state index contributed by atoms with van der Waals surface area (Å²) in [6.07, 6.45) is 1.16. The fourth-order valence-electron chi connectivity index (χ4n) is 1.86. The SMILES string of the molecule is CCC(C#N)(CC)NC(=O)c1ccc(C)c(OC)c1. The van der Waals surface area contributed by atoms with E-state index in [4.69, 9.17) is 4.74 Å². The molecule has 0 radical (unpaired) electrons. The van der Waals surface area contributed by atoms with Gasteiger partial charge in [0, 0.05) is 5.56 Å². The van der Waals surface area contributed by atoms with E-state index in [9.17, 15) is 10.1 Å². The van der Waals surface area contributed by atoms with Gasteiger partial charge in [0.1, 0.15) is 11.3 Å². The number of nitriles is 1. The third-order valence-electron chi connectivity index (χ3n) is 3.44. The van der Waals surface area contributed by atoms with E-state index < -0.39 is 5.54 Å². The number of ether oxygens (including phenoxy) is 1. The average Bonchev–Trinajstić information content (AvgIpc) is 2.45. The van der Waals surface area contributed by atoms with Crippen LogP contribution in [0, 0.1) is 18.3 Å². The van der Waals surface area contributed by atoms with Crippen LogP contribution in [0.3, 0.4) is 0 Å². The van der Waals surface area contributed by atoms with Crippen LogP contribution in [-0.2, 0) is 0 Å². The van der Waals surface area contributed by atoms with Crippen LogP contribution in [0.1, 0.15) is 42.6 Å². The van der Waals surface area contributed by atoms with Gasteiger partial charge in [-0.2, -0.15) is 5.26 Å². The van der Waals surface area contributed by atoms with Crippen molar-refractivity contribution in [3.63, 3.8) is 0 Å². The summed E-state index contributed by atoms with van der Waals surface area (Å²) >= 11 is 0. The van der Waals surface area contributed by atoms with Crippen LogP contribution in [0.4, 0.5) is 0 Å². The van der Waals surface area contributed by atoms with Crippen molar-refractivity contribution in [3.8, 4) is 11.8 Å². The molecule has 0 atom stereocenters. The third-order valence-corrected chi connectivity index (χ3v) is 3.44. The summed E-state index contributed by atoms with van der Waals surface area (Å²) in [7, 11) is 1.57.